The van der Waals surface area contributed by atoms with Gasteiger partial charge in [-0.05, 0) is 55.7 Å². The Bertz CT molecular complexity index is 988. The lowest BCUT2D eigenvalue weighted by molar-refractivity contribution is 0.0980. The van der Waals surface area contributed by atoms with Gasteiger partial charge in [-0.2, -0.15) is 0 Å². The number of anilines is 3. The molecule has 1 N–H and O–H groups in total. The molecule has 0 atom stereocenters. The molecule has 0 aliphatic carbocycles. The van der Waals surface area contributed by atoms with Crippen LogP contribution in [0, 0.1) is 6.92 Å². The molecule has 1 aromatic heterocycles. The molecule has 0 unspecified atom stereocenters. The first-order chi connectivity index (χ1) is 13.1. The third kappa shape index (κ3) is 3.78. The average Bonchev–Trinajstić information content (AvgIpc) is 2.68. The molecule has 6 heteroatoms. The lowest BCUT2D eigenvalue weighted by atomic mass is 10.0. The number of amides is 1. The van der Waals surface area contributed by atoms with E-state index in [1.807, 2.05) is 35.2 Å². The first-order valence-corrected chi connectivity index (χ1v) is 9.26. The molecule has 1 aliphatic heterocycles. The Morgan fingerprint density at radius 1 is 1.11 bits per heavy atom. The van der Waals surface area contributed by atoms with Crippen LogP contribution in [0.4, 0.5) is 17.2 Å². The average molecular weight is 379 g/mol. The molecule has 0 saturated heterocycles. The number of fused-ring (bicyclic) bond motifs is 1. The summed E-state index contributed by atoms with van der Waals surface area (Å²) in [6, 6.07) is 17.1. The standard InChI is InChI=1S/C21H19ClN4O/c1-14-23-18(13-20(24-14)25-17-10-8-16(22)9-11-17)21(27)26-12-4-6-15-5-2-3-7-19(15)26/h2-3,5,7-11,13H,4,6,12H2,1H3,(H,23,24,25). The number of nitrogens with zero attached hydrogens (tertiary/aromatic N) is 3. The molecule has 1 amide bonds. The molecule has 3 aromatic rings. The molecular formula is C21H19ClN4O. The highest BCUT2D eigenvalue weighted by Crippen LogP contribution is 2.28. The molecule has 0 fully saturated rings. The summed E-state index contributed by atoms with van der Waals surface area (Å²) in [5.74, 6) is 1.02. The zero-order valence-corrected chi connectivity index (χ0v) is 15.7. The van der Waals surface area contributed by atoms with Gasteiger partial charge in [-0.3, -0.25) is 4.79 Å². The van der Waals surface area contributed by atoms with Crippen molar-refractivity contribution in [3.05, 3.63) is 76.7 Å². The molecule has 27 heavy (non-hydrogen) atoms. The van der Waals surface area contributed by atoms with Crippen LogP contribution in [0.25, 0.3) is 0 Å². The number of halogens is 1. The highest BCUT2D eigenvalue weighted by Gasteiger charge is 2.24. The van der Waals surface area contributed by atoms with E-state index >= 15 is 0 Å². The molecule has 0 radical (unpaired) electrons. The van der Waals surface area contributed by atoms with Crippen LogP contribution in [0.5, 0.6) is 0 Å². The number of aryl methyl sites for hydroxylation is 2. The number of hydrogen-bond acceptors (Lipinski definition) is 4. The van der Waals surface area contributed by atoms with Crippen LogP contribution in [0.15, 0.2) is 54.6 Å². The van der Waals surface area contributed by atoms with Crippen LogP contribution in [0.3, 0.4) is 0 Å². The number of rotatable bonds is 3. The summed E-state index contributed by atoms with van der Waals surface area (Å²) in [4.78, 5) is 23.7. The predicted octanol–water partition coefficient (Wildman–Crippen LogP) is 4.78. The van der Waals surface area contributed by atoms with Crippen LogP contribution < -0.4 is 10.2 Å². The number of benzene rings is 2. The van der Waals surface area contributed by atoms with Gasteiger partial charge in [0.2, 0.25) is 0 Å². The molecule has 5 nitrogen and oxygen atoms in total. The molecule has 0 saturated carbocycles. The summed E-state index contributed by atoms with van der Waals surface area (Å²) in [6.45, 7) is 2.48. The van der Waals surface area contributed by atoms with E-state index in [0.717, 1.165) is 24.2 Å². The van der Waals surface area contributed by atoms with E-state index in [0.29, 0.717) is 28.9 Å². The summed E-state index contributed by atoms with van der Waals surface area (Å²) >= 11 is 5.93. The van der Waals surface area contributed by atoms with E-state index in [-0.39, 0.29) is 5.91 Å². The third-order valence-corrected chi connectivity index (χ3v) is 4.78. The van der Waals surface area contributed by atoms with Crippen LogP contribution in [0.1, 0.15) is 28.3 Å². The SMILES string of the molecule is Cc1nc(Nc2ccc(Cl)cc2)cc(C(=O)N2CCCc3ccccc32)n1. The van der Waals surface area contributed by atoms with Gasteiger partial charge >= 0.3 is 0 Å². The Balaban J connectivity index is 1.63. The van der Waals surface area contributed by atoms with Crippen molar-refractivity contribution in [3.8, 4) is 0 Å². The van der Waals surface area contributed by atoms with E-state index in [1.165, 1.54) is 5.56 Å². The summed E-state index contributed by atoms with van der Waals surface area (Å²) in [5.41, 5.74) is 3.40. The second-order valence-electron chi connectivity index (χ2n) is 6.51. The third-order valence-electron chi connectivity index (χ3n) is 4.53. The van der Waals surface area contributed by atoms with Crippen molar-refractivity contribution < 1.29 is 4.79 Å². The van der Waals surface area contributed by atoms with E-state index in [9.17, 15) is 4.79 Å². The fourth-order valence-corrected chi connectivity index (χ4v) is 3.43. The van der Waals surface area contributed by atoms with E-state index in [1.54, 1.807) is 25.1 Å². The largest absolute Gasteiger partial charge is 0.340 e. The van der Waals surface area contributed by atoms with Crippen molar-refractivity contribution in [3.63, 3.8) is 0 Å². The van der Waals surface area contributed by atoms with Gasteiger partial charge in [0, 0.05) is 29.0 Å². The van der Waals surface area contributed by atoms with Crippen molar-refractivity contribution in [1.82, 2.24) is 9.97 Å². The van der Waals surface area contributed by atoms with E-state index in [4.69, 9.17) is 11.6 Å². The molecule has 2 heterocycles. The van der Waals surface area contributed by atoms with Gasteiger partial charge in [0.25, 0.3) is 5.91 Å². The van der Waals surface area contributed by atoms with Crippen LogP contribution in [-0.2, 0) is 6.42 Å². The number of para-hydroxylation sites is 1. The lowest BCUT2D eigenvalue weighted by Gasteiger charge is -2.29. The monoisotopic (exact) mass is 378 g/mol. The van der Waals surface area contributed by atoms with Gasteiger partial charge < -0.3 is 10.2 Å². The number of carbonyl (C=O) groups excluding carboxylic acids is 1. The molecule has 0 bridgehead atoms. The molecule has 4 rings (SSSR count). The minimum atomic E-state index is -0.105. The lowest BCUT2D eigenvalue weighted by Crippen LogP contribution is -2.36. The number of nitrogens with one attached hydrogen (secondary N) is 1. The minimum absolute atomic E-state index is 0.105. The Kier molecular flexibility index (Phi) is 4.77. The molecule has 136 valence electrons. The van der Waals surface area contributed by atoms with Crippen LogP contribution in [0.2, 0.25) is 5.02 Å². The minimum Gasteiger partial charge on any atom is -0.340 e. The van der Waals surface area contributed by atoms with Gasteiger partial charge in [-0.25, -0.2) is 9.97 Å². The predicted molar refractivity (Wildman–Crippen MR) is 108 cm³/mol. The number of hydrogen-bond donors (Lipinski definition) is 1. The zero-order valence-electron chi connectivity index (χ0n) is 14.9. The second-order valence-corrected chi connectivity index (χ2v) is 6.94. The van der Waals surface area contributed by atoms with Gasteiger partial charge in [-0.15, -0.1) is 0 Å². The van der Waals surface area contributed by atoms with Gasteiger partial charge in [0.1, 0.15) is 17.3 Å². The first kappa shape index (κ1) is 17.5. The van der Waals surface area contributed by atoms with E-state index < -0.39 is 0 Å². The fraction of sp³-hybridized carbons (Fsp3) is 0.190. The Morgan fingerprint density at radius 2 is 1.89 bits per heavy atom. The van der Waals surface area contributed by atoms with Crippen molar-refractivity contribution in [2.75, 3.05) is 16.8 Å². The topological polar surface area (TPSA) is 58.1 Å². The quantitative estimate of drug-likeness (QED) is 0.712. The van der Waals surface area contributed by atoms with Gasteiger partial charge in [0.15, 0.2) is 0 Å². The van der Waals surface area contributed by atoms with Crippen LogP contribution >= 0.6 is 11.6 Å². The number of carbonyl (C=O) groups is 1. The zero-order chi connectivity index (χ0) is 18.8. The summed E-state index contributed by atoms with van der Waals surface area (Å²) in [7, 11) is 0. The van der Waals surface area contributed by atoms with Crippen molar-refractivity contribution in [2.45, 2.75) is 19.8 Å². The molecule has 0 spiro atoms. The Labute approximate surface area is 163 Å². The normalized spacial score (nSPS) is 13.2. The highest BCUT2D eigenvalue weighted by atomic mass is 35.5. The summed E-state index contributed by atoms with van der Waals surface area (Å²) in [5, 5.41) is 3.87. The van der Waals surface area contributed by atoms with Gasteiger partial charge in [0.05, 0.1) is 0 Å². The molecule has 2 aromatic carbocycles. The van der Waals surface area contributed by atoms with Crippen molar-refractivity contribution in [2.24, 2.45) is 0 Å². The smallest absolute Gasteiger partial charge is 0.277 e. The van der Waals surface area contributed by atoms with Crippen LogP contribution in [-0.4, -0.2) is 22.4 Å². The maximum absolute atomic E-state index is 13.2. The molecule has 1 aliphatic rings. The van der Waals surface area contributed by atoms with Crippen molar-refractivity contribution in [1.29, 1.82) is 0 Å². The Morgan fingerprint density at radius 3 is 2.70 bits per heavy atom. The summed E-state index contributed by atoms with van der Waals surface area (Å²) in [6.07, 6.45) is 1.94. The summed E-state index contributed by atoms with van der Waals surface area (Å²) < 4.78 is 0. The van der Waals surface area contributed by atoms with Crippen molar-refractivity contribution >= 4 is 34.7 Å². The second kappa shape index (κ2) is 7.37. The molecular weight excluding hydrogens is 360 g/mol. The maximum atomic E-state index is 13.2. The number of aromatic nitrogens is 2. The first-order valence-electron chi connectivity index (χ1n) is 8.88. The Hall–Kier alpha value is -2.92. The van der Waals surface area contributed by atoms with Gasteiger partial charge in [-0.1, -0.05) is 29.8 Å². The highest BCUT2D eigenvalue weighted by molar-refractivity contribution is 6.30. The maximum Gasteiger partial charge on any atom is 0.277 e. The van der Waals surface area contributed by atoms with E-state index in [2.05, 4.69) is 21.4 Å². The fourth-order valence-electron chi connectivity index (χ4n) is 3.31.